The fourth-order valence-corrected chi connectivity index (χ4v) is 7.07. The second-order valence-electron chi connectivity index (χ2n) is 12.8. The molecule has 0 amide bonds. The molecule has 0 aliphatic carbocycles. The van der Waals surface area contributed by atoms with E-state index in [1.807, 2.05) is 123 Å². The standard InChI is InChI=1S/C41H36O6/c1-41(2)46-35-17-19-44-29-15-13-27-21-33(25-9-5-3-6-10-25)39(42)37(31(27)23-29)38-32-24-30(45-20-18-36(35)47-41)16-14-28(32)22-34(40(38)43)26-11-7-4-8-12-26/h3-16,21-24,35-36,42-43H,17-20H2,1-2H3/t35-,36-/m1/s1. The van der Waals surface area contributed by atoms with Crippen LogP contribution in [0.2, 0.25) is 0 Å². The molecule has 2 N–H and O–H groups in total. The van der Waals surface area contributed by atoms with E-state index in [0.717, 1.165) is 32.7 Å². The lowest BCUT2D eigenvalue weighted by Gasteiger charge is -2.21. The highest BCUT2D eigenvalue weighted by Gasteiger charge is 2.40. The molecule has 6 aromatic carbocycles. The van der Waals surface area contributed by atoms with Crippen LogP contribution in [-0.4, -0.2) is 41.4 Å². The fraction of sp³-hybridized carbons (Fsp3) is 0.220. The lowest BCUT2D eigenvalue weighted by atomic mass is 9.86. The van der Waals surface area contributed by atoms with Crippen LogP contribution in [0, 0.1) is 0 Å². The minimum absolute atomic E-state index is 0.0803. The Balaban J connectivity index is 1.41. The van der Waals surface area contributed by atoms with E-state index < -0.39 is 5.79 Å². The van der Waals surface area contributed by atoms with Gasteiger partial charge in [0, 0.05) is 35.1 Å². The molecule has 2 aliphatic heterocycles. The number of ether oxygens (including phenoxy) is 4. The zero-order valence-electron chi connectivity index (χ0n) is 26.4. The van der Waals surface area contributed by atoms with Crippen molar-refractivity contribution < 1.29 is 29.2 Å². The Labute approximate surface area is 273 Å². The number of fused-ring (bicyclic) bond motifs is 4. The first-order valence-corrected chi connectivity index (χ1v) is 16.2. The van der Waals surface area contributed by atoms with Crippen LogP contribution >= 0.6 is 0 Å². The van der Waals surface area contributed by atoms with Crippen LogP contribution in [0.5, 0.6) is 23.0 Å². The van der Waals surface area contributed by atoms with Crippen molar-refractivity contribution in [2.24, 2.45) is 0 Å². The van der Waals surface area contributed by atoms with Crippen LogP contribution in [0.15, 0.2) is 109 Å². The van der Waals surface area contributed by atoms with Gasteiger partial charge in [-0.2, -0.15) is 0 Å². The summed E-state index contributed by atoms with van der Waals surface area (Å²) < 4.78 is 25.2. The highest BCUT2D eigenvalue weighted by molar-refractivity contribution is 6.14. The Morgan fingerprint density at radius 3 is 1.40 bits per heavy atom. The normalized spacial score (nSPS) is 19.0. The van der Waals surface area contributed by atoms with Crippen LogP contribution in [0.1, 0.15) is 26.7 Å². The third-order valence-electron chi connectivity index (χ3n) is 9.22. The van der Waals surface area contributed by atoms with Gasteiger partial charge in [0.2, 0.25) is 0 Å². The lowest BCUT2D eigenvalue weighted by Crippen LogP contribution is -2.26. The van der Waals surface area contributed by atoms with Crippen molar-refractivity contribution in [1.82, 2.24) is 0 Å². The molecule has 1 saturated heterocycles. The molecule has 6 nitrogen and oxygen atoms in total. The van der Waals surface area contributed by atoms with Crippen molar-refractivity contribution in [3.05, 3.63) is 109 Å². The molecular weight excluding hydrogens is 588 g/mol. The first-order valence-electron chi connectivity index (χ1n) is 16.2. The molecule has 6 aromatic rings. The van der Waals surface area contributed by atoms with E-state index in [-0.39, 0.29) is 23.7 Å². The number of rotatable bonds is 2. The van der Waals surface area contributed by atoms with Crippen molar-refractivity contribution in [3.63, 3.8) is 0 Å². The molecule has 47 heavy (non-hydrogen) atoms. The van der Waals surface area contributed by atoms with Crippen molar-refractivity contribution in [3.8, 4) is 56.4 Å². The molecule has 2 heterocycles. The highest BCUT2D eigenvalue weighted by Crippen LogP contribution is 2.52. The topological polar surface area (TPSA) is 77.4 Å². The second kappa shape index (κ2) is 11.6. The summed E-state index contributed by atoms with van der Waals surface area (Å²) >= 11 is 0. The molecule has 2 aliphatic rings. The van der Waals surface area contributed by atoms with Crippen LogP contribution in [-0.2, 0) is 9.47 Å². The number of hydrogen-bond donors (Lipinski definition) is 2. The Hall–Kier alpha value is -5.04. The molecule has 8 rings (SSSR count). The van der Waals surface area contributed by atoms with Crippen LogP contribution in [0.25, 0.3) is 54.9 Å². The summed E-state index contributed by atoms with van der Waals surface area (Å²) in [6.07, 6.45) is 1.03. The number of phenols is 2. The Kier molecular flexibility index (Phi) is 7.27. The van der Waals surface area contributed by atoms with Gasteiger partial charge >= 0.3 is 0 Å². The van der Waals surface area contributed by atoms with Gasteiger partial charge in [-0.05, 0) is 82.9 Å². The van der Waals surface area contributed by atoms with E-state index in [0.29, 0.717) is 59.8 Å². The number of aromatic hydroxyl groups is 2. The van der Waals surface area contributed by atoms with E-state index in [2.05, 4.69) is 0 Å². The zero-order valence-corrected chi connectivity index (χ0v) is 26.4. The van der Waals surface area contributed by atoms with Crippen molar-refractivity contribution in [1.29, 1.82) is 0 Å². The molecule has 0 radical (unpaired) electrons. The summed E-state index contributed by atoms with van der Waals surface area (Å²) in [4.78, 5) is 0. The molecular formula is C41H36O6. The van der Waals surface area contributed by atoms with Gasteiger partial charge in [-0.1, -0.05) is 72.8 Å². The van der Waals surface area contributed by atoms with Crippen molar-refractivity contribution in [2.75, 3.05) is 13.2 Å². The highest BCUT2D eigenvalue weighted by atomic mass is 16.8. The summed E-state index contributed by atoms with van der Waals surface area (Å²) in [7, 11) is 0. The predicted octanol–water partition coefficient (Wildman–Crippen LogP) is 9.48. The van der Waals surface area contributed by atoms with E-state index in [1.165, 1.54) is 0 Å². The summed E-state index contributed by atoms with van der Waals surface area (Å²) in [5.74, 6) is 0.808. The monoisotopic (exact) mass is 624 g/mol. The number of hydrogen-bond acceptors (Lipinski definition) is 6. The van der Waals surface area contributed by atoms with Gasteiger partial charge in [0.25, 0.3) is 0 Å². The van der Waals surface area contributed by atoms with Gasteiger partial charge in [0.05, 0.1) is 25.4 Å². The maximum absolute atomic E-state index is 12.3. The van der Waals surface area contributed by atoms with E-state index in [1.54, 1.807) is 0 Å². The zero-order chi connectivity index (χ0) is 32.1. The average molecular weight is 625 g/mol. The maximum Gasteiger partial charge on any atom is 0.163 e. The van der Waals surface area contributed by atoms with Gasteiger partial charge in [-0.15, -0.1) is 0 Å². The lowest BCUT2D eigenvalue weighted by molar-refractivity contribution is -0.147. The SMILES string of the molecule is CC1(C)O[C@@H]2CCOc3ccc4cc(-c5ccccc5)c(O)c(c4c3)-c3c(O)c(-c4ccccc4)cc4ccc(cc34)OCC[C@H]2O1. The molecule has 1 fully saturated rings. The van der Waals surface area contributed by atoms with Gasteiger partial charge in [-0.3, -0.25) is 0 Å². The third-order valence-corrected chi connectivity index (χ3v) is 9.22. The first-order chi connectivity index (χ1) is 22.8. The van der Waals surface area contributed by atoms with Gasteiger partial charge in [0.1, 0.15) is 23.0 Å². The molecule has 0 aromatic heterocycles. The van der Waals surface area contributed by atoms with E-state index >= 15 is 0 Å². The quantitative estimate of drug-likeness (QED) is 0.200. The molecule has 0 saturated carbocycles. The van der Waals surface area contributed by atoms with Gasteiger partial charge in [0.15, 0.2) is 5.79 Å². The van der Waals surface area contributed by atoms with Crippen molar-refractivity contribution in [2.45, 2.75) is 44.7 Å². The minimum Gasteiger partial charge on any atom is -0.507 e. The number of phenolic OH excluding ortho intramolecular Hbond substituents is 2. The summed E-state index contributed by atoms with van der Waals surface area (Å²) in [5, 5.41) is 27.9. The maximum atomic E-state index is 12.3. The summed E-state index contributed by atoms with van der Waals surface area (Å²) in [6.45, 7) is 4.72. The smallest absolute Gasteiger partial charge is 0.163 e. The van der Waals surface area contributed by atoms with E-state index in [9.17, 15) is 10.2 Å². The summed E-state index contributed by atoms with van der Waals surface area (Å²) in [5.41, 5.74) is 4.16. The summed E-state index contributed by atoms with van der Waals surface area (Å²) in [6, 6.07) is 35.5. The van der Waals surface area contributed by atoms with Crippen molar-refractivity contribution >= 4 is 21.5 Å². The molecule has 236 valence electrons. The Morgan fingerprint density at radius 2 is 0.979 bits per heavy atom. The third kappa shape index (κ3) is 5.43. The van der Waals surface area contributed by atoms with Gasteiger partial charge < -0.3 is 29.2 Å². The minimum atomic E-state index is -0.685. The number of benzene rings is 6. The van der Waals surface area contributed by atoms with Crippen LogP contribution in [0.3, 0.4) is 0 Å². The Morgan fingerprint density at radius 1 is 0.553 bits per heavy atom. The van der Waals surface area contributed by atoms with Gasteiger partial charge in [-0.25, -0.2) is 0 Å². The first kappa shape index (κ1) is 29.4. The predicted molar refractivity (Wildman–Crippen MR) is 185 cm³/mol. The van der Waals surface area contributed by atoms with Crippen LogP contribution in [0.4, 0.5) is 0 Å². The second-order valence-corrected chi connectivity index (χ2v) is 12.8. The molecule has 0 spiro atoms. The molecule has 6 heteroatoms. The van der Waals surface area contributed by atoms with E-state index in [4.69, 9.17) is 18.9 Å². The average Bonchev–Trinajstić information content (AvgIpc) is 3.38. The fourth-order valence-electron chi connectivity index (χ4n) is 7.07. The Bertz CT molecular complexity index is 1950. The molecule has 4 bridgehead atoms. The molecule has 0 unspecified atom stereocenters. The molecule has 2 atom stereocenters. The van der Waals surface area contributed by atoms with Crippen LogP contribution < -0.4 is 9.47 Å². The largest absolute Gasteiger partial charge is 0.507 e.